The molecule has 3 heterocycles. The lowest BCUT2D eigenvalue weighted by Gasteiger charge is -2.21. The van der Waals surface area contributed by atoms with Crippen LogP contribution in [0.3, 0.4) is 0 Å². The number of ether oxygens (including phenoxy) is 1. The number of likely N-dealkylation sites (tertiary alicyclic amines) is 1. The van der Waals surface area contributed by atoms with E-state index < -0.39 is 17.7 Å². The van der Waals surface area contributed by atoms with Gasteiger partial charge in [-0.15, -0.1) is 0 Å². The summed E-state index contributed by atoms with van der Waals surface area (Å²) in [4.78, 5) is 19.8. The van der Waals surface area contributed by atoms with Gasteiger partial charge in [0.1, 0.15) is 5.82 Å². The zero-order chi connectivity index (χ0) is 27.4. The van der Waals surface area contributed by atoms with Crippen molar-refractivity contribution < 1.29 is 18.3 Å². The molecule has 0 radical (unpaired) electrons. The molecular weight excluding hydrogens is 502 g/mol. The van der Waals surface area contributed by atoms with E-state index in [0.717, 1.165) is 22.9 Å². The molecule has 202 valence electrons. The van der Waals surface area contributed by atoms with E-state index >= 15 is 0 Å². The fourth-order valence-electron chi connectivity index (χ4n) is 5.00. The average Bonchev–Trinajstić information content (AvgIpc) is 3.50. The predicted molar refractivity (Wildman–Crippen MR) is 145 cm³/mol. The molecule has 4 aromatic rings. The van der Waals surface area contributed by atoms with Crippen LogP contribution in [-0.2, 0) is 4.74 Å². The summed E-state index contributed by atoms with van der Waals surface area (Å²) in [5.41, 5.74) is 3.73. The number of hydrogen-bond acceptors (Lipinski definition) is 5. The highest BCUT2D eigenvalue weighted by Gasteiger charge is 2.35. The van der Waals surface area contributed by atoms with Gasteiger partial charge in [-0.2, -0.15) is 5.10 Å². The minimum atomic E-state index is -0.906. The van der Waals surface area contributed by atoms with E-state index in [1.165, 1.54) is 6.07 Å². The molecule has 10 heteroatoms. The Labute approximate surface area is 225 Å². The molecular formula is C29H30F2N6O2. The number of amides is 2. The van der Waals surface area contributed by atoms with Crippen LogP contribution in [0.25, 0.3) is 16.9 Å². The quantitative estimate of drug-likeness (QED) is 0.342. The summed E-state index contributed by atoms with van der Waals surface area (Å²) >= 11 is 0. The number of benzene rings is 2. The van der Waals surface area contributed by atoms with Crippen LogP contribution < -0.4 is 10.6 Å². The Morgan fingerprint density at radius 3 is 2.62 bits per heavy atom. The summed E-state index contributed by atoms with van der Waals surface area (Å²) in [5, 5.41) is 10.9. The van der Waals surface area contributed by atoms with Crippen LogP contribution in [0.1, 0.15) is 17.0 Å². The molecule has 5 rings (SSSR count). The SMILES string of the molecule is COCCN1CC(NC(=O)Nc2c(C)c(-c3cccnc3)nn2-c2ccccc2)C(c2ccc(F)c(F)c2)C1. The van der Waals surface area contributed by atoms with Gasteiger partial charge in [0, 0.05) is 56.2 Å². The Balaban J connectivity index is 1.42. The van der Waals surface area contributed by atoms with Gasteiger partial charge >= 0.3 is 6.03 Å². The van der Waals surface area contributed by atoms with Crippen LogP contribution in [0.5, 0.6) is 0 Å². The summed E-state index contributed by atoms with van der Waals surface area (Å²) in [6.07, 6.45) is 3.43. The van der Waals surface area contributed by atoms with Crippen molar-refractivity contribution >= 4 is 11.8 Å². The normalized spacial score (nSPS) is 17.3. The molecule has 8 nitrogen and oxygen atoms in total. The van der Waals surface area contributed by atoms with Crippen molar-refractivity contribution in [1.82, 2.24) is 25.0 Å². The Hall–Kier alpha value is -4.15. The fraction of sp³-hybridized carbons (Fsp3) is 0.276. The van der Waals surface area contributed by atoms with Crippen molar-refractivity contribution in [3.05, 3.63) is 95.8 Å². The van der Waals surface area contributed by atoms with E-state index in [0.29, 0.717) is 43.3 Å². The van der Waals surface area contributed by atoms with Crippen LogP contribution >= 0.6 is 0 Å². The van der Waals surface area contributed by atoms with Crippen molar-refractivity contribution in [2.24, 2.45) is 0 Å². The van der Waals surface area contributed by atoms with Gasteiger partial charge in [0.15, 0.2) is 11.6 Å². The Bertz CT molecular complexity index is 1430. The highest BCUT2D eigenvalue weighted by Crippen LogP contribution is 2.31. The van der Waals surface area contributed by atoms with Crippen molar-refractivity contribution in [3.8, 4) is 16.9 Å². The van der Waals surface area contributed by atoms with Crippen LogP contribution in [0.4, 0.5) is 19.4 Å². The third-order valence-corrected chi connectivity index (χ3v) is 6.99. The maximum Gasteiger partial charge on any atom is 0.320 e. The standard InChI is InChI=1S/C29H30F2N6O2/c1-19-27(21-7-6-12-32-16-21)35-37(22-8-4-3-5-9-22)28(19)34-29(38)33-26-18-36(13-14-39-2)17-23(26)20-10-11-24(30)25(31)15-20/h3-12,15-16,23,26H,13-14,17-18H2,1-2H3,(H2,33,34,38). The van der Waals surface area contributed by atoms with E-state index in [4.69, 9.17) is 9.84 Å². The number of nitrogens with one attached hydrogen (secondary N) is 2. The summed E-state index contributed by atoms with van der Waals surface area (Å²) in [5.74, 6) is -1.51. The van der Waals surface area contributed by atoms with Crippen LogP contribution in [-0.4, -0.2) is 65.1 Å². The first-order chi connectivity index (χ1) is 18.9. The number of nitrogens with zero attached hydrogens (tertiary/aromatic N) is 4. The molecule has 0 bridgehead atoms. The number of halogens is 2. The first-order valence-electron chi connectivity index (χ1n) is 12.7. The lowest BCUT2D eigenvalue weighted by molar-refractivity contribution is 0.159. The first-order valence-corrected chi connectivity index (χ1v) is 12.7. The number of pyridine rings is 1. The fourth-order valence-corrected chi connectivity index (χ4v) is 5.00. The van der Waals surface area contributed by atoms with E-state index in [9.17, 15) is 13.6 Å². The number of hydrogen-bond donors (Lipinski definition) is 2. The smallest absolute Gasteiger partial charge is 0.320 e. The number of urea groups is 1. The molecule has 0 saturated carbocycles. The second-order valence-electron chi connectivity index (χ2n) is 9.55. The first kappa shape index (κ1) is 26.5. The predicted octanol–water partition coefficient (Wildman–Crippen LogP) is 4.76. The van der Waals surface area contributed by atoms with Crippen LogP contribution in [0.15, 0.2) is 73.1 Å². The molecule has 1 saturated heterocycles. The Kier molecular flexibility index (Phi) is 7.94. The number of methoxy groups -OCH3 is 1. The topological polar surface area (TPSA) is 84.3 Å². The summed E-state index contributed by atoms with van der Waals surface area (Å²) in [6.45, 7) is 4.20. The Morgan fingerprint density at radius 2 is 1.90 bits per heavy atom. The molecule has 2 amide bonds. The number of rotatable bonds is 8. The highest BCUT2D eigenvalue weighted by atomic mass is 19.2. The molecule has 1 aliphatic rings. The summed E-state index contributed by atoms with van der Waals surface area (Å²) < 4.78 is 34.6. The largest absolute Gasteiger partial charge is 0.383 e. The molecule has 2 unspecified atom stereocenters. The lowest BCUT2D eigenvalue weighted by Crippen LogP contribution is -2.42. The second kappa shape index (κ2) is 11.7. The molecule has 2 aromatic heterocycles. The maximum absolute atomic E-state index is 14.1. The summed E-state index contributed by atoms with van der Waals surface area (Å²) in [6, 6.07) is 16.4. The zero-order valence-corrected chi connectivity index (χ0v) is 21.8. The molecule has 2 atom stereocenters. The lowest BCUT2D eigenvalue weighted by atomic mass is 9.94. The van der Waals surface area contributed by atoms with Crippen molar-refractivity contribution in [3.63, 3.8) is 0 Å². The van der Waals surface area contributed by atoms with Crippen molar-refractivity contribution in [2.75, 3.05) is 38.7 Å². The van der Waals surface area contributed by atoms with Gasteiger partial charge in [-0.05, 0) is 48.9 Å². The van der Waals surface area contributed by atoms with Crippen molar-refractivity contribution in [1.29, 1.82) is 0 Å². The third-order valence-electron chi connectivity index (χ3n) is 6.99. The van der Waals surface area contributed by atoms with Crippen LogP contribution in [0.2, 0.25) is 0 Å². The van der Waals surface area contributed by atoms with Gasteiger partial charge in [0.05, 0.1) is 24.0 Å². The molecule has 2 aromatic carbocycles. The van der Waals surface area contributed by atoms with Gasteiger partial charge in [-0.3, -0.25) is 15.2 Å². The molecule has 39 heavy (non-hydrogen) atoms. The van der Waals surface area contributed by atoms with Gasteiger partial charge in [0.25, 0.3) is 0 Å². The molecule has 2 N–H and O–H groups in total. The maximum atomic E-state index is 14.1. The second-order valence-corrected chi connectivity index (χ2v) is 9.55. The molecule has 1 fully saturated rings. The average molecular weight is 533 g/mol. The number of carbonyl (C=O) groups is 1. The van der Waals surface area contributed by atoms with Crippen molar-refractivity contribution in [2.45, 2.75) is 18.9 Å². The van der Waals surface area contributed by atoms with Gasteiger partial charge in [-0.25, -0.2) is 18.3 Å². The number of para-hydroxylation sites is 1. The number of carbonyl (C=O) groups excluding carboxylic acids is 1. The van der Waals surface area contributed by atoms with E-state index in [1.54, 1.807) is 30.3 Å². The summed E-state index contributed by atoms with van der Waals surface area (Å²) in [7, 11) is 1.63. The molecule has 0 aliphatic carbocycles. The molecule has 0 spiro atoms. The van der Waals surface area contributed by atoms with E-state index in [-0.39, 0.29) is 12.0 Å². The molecule has 1 aliphatic heterocycles. The minimum Gasteiger partial charge on any atom is -0.383 e. The minimum absolute atomic E-state index is 0.228. The van der Waals surface area contributed by atoms with Crippen LogP contribution in [0, 0.1) is 18.6 Å². The van der Waals surface area contributed by atoms with E-state index in [2.05, 4.69) is 20.5 Å². The van der Waals surface area contributed by atoms with E-state index in [1.807, 2.05) is 49.4 Å². The monoisotopic (exact) mass is 532 g/mol. The third kappa shape index (κ3) is 5.81. The Morgan fingerprint density at radius 1 is 1.08 bits per heavy atom. The number of anilines is 1. The van der Waals surface area contributed by atoms with Gasteiger partial charge in [0.2, 0.25) is 0 Å². The number of aromatic nitrogens is 3. The van der Waals surface area contributed by atoms with Gasteiger partial charge in [-0.1, -0.05) is 24.3 Å². The van der Waals surface area contributed by atoms with Gasteiger partial charge < -0.3 is 10.1 Å². The zero-order valence-electron chi connectivity index (χ0n) is 21.8. The highest BCUT2D eigenvalue weighted by molar-refractivity contribution is 5.91.